The lowest BCUT2D eigenvalue weighted by molar-refractivity contribution is -0.176. The summed E-state index contributed by atoms with van der Waals surface area (Å²) in [6.07, 6.45) is 0. The molecule has 0 fully saturated rings. The van der Waals surface area contributed by atoms with Crippen LogP contribution in [-0.4, -0.2) is 18.1 Å². The van der Waals surface area contributed by atoms with Gasteiger partial charge in [-0.1, -0.05) is 12.1 Å². The summed E-state index contributed by atoms with van der Waals surface area (Å²) >= 11 is 0. The first-order chi connectivity index (χ1) is 6.63. The van der Waals surface area contributed by atoms with Gasteiger partial charge in [0, 0.05) is 6.92 Å². The van der Waals surface area contributed by atoms with E-state index in [0.717, 1.165) is 5.56 Å². The summed E-state index contributed by atoms with van der Waals surface area (Å²) in [5.41, 5.74) is 0.823. The Bertz CT molecular complexity index is 310. The minimum absolute atomic E-state index is 0.183. The van der Waals surface area contributed by atoms with Gasteiger partial charge in [-0.15, -0.1) is 0 Å². The number of benzene rings is 1. The normalized spacial score (nSPS) is 9.93. The Kier molecular flexibility index (Phi) is 3.59. The highest BCUT2D eigenvalue weighted by molar-refractivity contribution is 5.71. The lowest BCUT2D eigenvalue weighted by atomic mass is 10.2. The lowest BCUT2D eigenvalue weighted by Gasteiger charge is -2.17. The van der Waals surface area contributed by atoms with E-state index in [4.69, 9.17) is 4.84 Å². The zero-order valence-electron chi connectivity index (χ0n) is 8.16. The van der Waals surface area contributed by atoms with E-state index < -0.39 is 0 Å². The third-order valence-electron chi connectivity index (χ3n) is 1.81. The van der Waals surface area contributed by atoms with Gasteiger partial charge in [0.05, 0.1) is 13.7 Å². The molecule has 14 heavy (non-hydrogen) atoms. The standard InChI is InChI=1S/C10H12FNO2/c1-8(13)12(14-2)7-9-3-5-10(11)6-4-9/h3-6H,7H2,1-2H3. The van der Waals surface area contributed by atoms with Gasteiger partial charge in [0.15, 0.2) is 0 Å². The molecule has 3 nitrogen and oxygen atoms in total. The smallest absolute Gasteiger partial charge is 0.243 e. The molecule has 0 bridgehead atoms. The molecule has 76 valence electrons. The molecule has 0 spiro atoms. The van der Waals surface area contributed by atoms with Gasteiger partial charge in [-0.2, -0.15) is 0 Å². The van der Waals surface area contributed by atoms with Crippen LogP contribution in [0, 0.1) is 5.82 Å². The summed E-state index contributed by atoms with van der Waals surface area (Å²) in [5, 5.41) is 1.20. The quantitative estimate of drug-likeness (QED) is 0.691. The van der Waals surface area contributed by atoms with E-state index in [1.165, 1.54) is 31.2 Å². The molecule has 0 aliphatic rings. The zero-order valence-corrected chi connectivity index (χ0v) is 8.16. The molecular weight excluding hydrogens is 185 g/mol. The van der Waals surface area contributed by atoms with Gasteiger partial charge >= 0.3 is 0 Å². The number of hydrogen-bond acceptors (Lipinski definition) is 2. The van der Waals surface area contributed by atoms with E-state index in [1.807, 2.05) is 0 Å². The predicted molar refractivity (Wildman–Crippen MR) is 49.6 cm³/mol. The van der Waals surface area contributed by atoms with Crippen LogP contribution in [0.3, 0.4) is 0 Å². The average Bonchev–Trinajstić information content (AvgIpc) is 2.16. The van der Waals surface area contributed by atoms with Crippen molar-refractivity contribution in [3.05, 3.63) is 35.6 Å². The maximum absolute atomic E-state index is 12.6. The molecule has 0 aliphatic carbocycles. The van der Waals surface area contributed by atoms with Gasteiger partial charge in [0.2, 0.25) is 5.91 Å². The molecule has 0 unspecified atom stereocenters. The topological polar surface area (TPSA) is 29.5 Å². The van der Waals surface area contributed by atoms with Crippen LogP contribution in [0.15, 0.2) is 24.3 Å². The molecule has 4 heteroatoms. The SMILES string of the molecule is CON(Cc1ccc(F)cc1)C(C)=O. The molecule has 0 N–H and O–H groups in total. The van der Waals surface area contributed by atoms with E-state index >= 15 is 0 Å². The minimum atomic E-state index is -0.291. The zero-order chi connectivity index (χ0) is 10.6. The summed E-state index contributed by atoms with van der Waals surface area (Å²) < 4.78 is 12.6. The maximum atomic E-state index is 12.6. The molecule has 1 amide bonds. The van der Waals surface area contributed by atoms with Crippen molar-refractivity contribution in [2.24, 2.45) is 0 Å². The fourth-order valence-electron chi connectivity index (χ4n) is 1.06. The highest BCUT2D eigenvalue weighted by Gasteiger charge is 2.07. The average molecular weight is 197 g/mol. The van der Waals surface area contributed by atoms with Crippen LogP contribution in [-0.2, 0) is 16.2 Å². The van der Waals surface area contributed by atoms with Gasteiger partial charge in [-0.3, -0.25) is 9.63 Å². The largest absolute Gasteiger partial charge is 0.274 e. The van der Waals surface area contributed by atoms with Crippen molar-refractivity contribution < 1.29 is 14.0 Å². The molecular formula is C10H12FNO2. The van der Waals surface area contributed by atoms with Gasteiger partial charge < -0.3 is 0 Å². The molecule has 0 aromatic heterocycles. The first-order valence-electron chi connectivity index (χ1n) is 4.20. The summed E-state index contributed by atoms with van der Waals surface area (Å²) in [6.45, 7) is 1.74. The third kappa shape index (κ3) is 2.81. The molecule has 0 atom stereocenters. The minimum Gasteiger partial charge on any atom is -0.274 e. The van der Waals surface area contributed by atoms with Crippen molar-refractivity contribution in [2.45, 2.75) is 13.5 Å². The van der Waals surface area contributed by atoms with E-state index in [1.54, 1.807) is 12.1 Å². The van der Waals surface area contributed by atoms with Crippen molar-refractivity contribution in [2.75, 3.05) is 7.11 Å². The summed E-state index contributed by atoms with van der Waals surface area (Å²) in [5.74, 6) is -0.475. The predicted octanol–water partition coefficient (Wildman–Crippen LogP) is 1.74. The van der Waals surface area contributed by atoms with Crippen molar-refractivity contribution >= 4 is 5.91 Å². The lowest BCUT2D eigenvalue weighted by Crippen LogP contribution is -2.26. The van der Waals surface area contributed by atoms with Crippen LogP contribution in [0.1, 0.15) is 12.5 Å². The fourth-order valence-corrected chi connectivity index (χ4v) is 1.06. The van der Waals surface area contributed by atoms with Crippen molar-refractivity contribution in [1.29, 1.82) is 0 Å². The molecule has 0 saturated heterocycles. The molecule has 1 rings (SSSR count). The fraction of sp³-hybridized carbons (Fsp3) is 0.300. The molecule has 0 radical (unpaired) electrons. The highest BCUT2D eigenvalue weighted by atomic mass is 19.1. The Labute approximate surface area is 82.0 Å². The Balaban J connectivity index is 2.67. The second-order valence-electron chi connectivity index (χ2n) is 2.86. The second kappa shape index (κ2) is 4.72. The highest BCUT2D eigenvalue weighted by Crippen LogP contribution is 2.06. The van der Waals surface area contributed by atoms with Gasteiger partial charge in [-0.05, 0) is 17.7 Å². The van der Waals surface area contributed by atoms with E-state index in [-0.39, 0.29) is 11.7 Å². The van der Waals surface area contributed by atoms with Crippen molar-refractivity contribution in [3.63, 3.8) is 0 Å². The number of hydrogen-bond donors (Lipinski definition) is 0. The number of hydroxylamine groups is 2. The Morgan fingerprint density at radius 2 is 2.00 bits per heavy atom. The van der Waals surface area contributed by atoms with Crippen LogP contribution < -0.4 is 0 Å². The Morgan fingerprint density at radius 1 is 1.43 bits per heavy atom. The number of nitrogens with zero attached hydrogens (tertiary/aromatic N) is 1. The number of amides is 1. The van der Waals surface area contributed by atoms with E-state index in [9.17, 15) is 9.18 Å². The summed E-state index contributed by atoms with van der Waals surface area (Å²) in [4.78, 5) is 15.8. The molecule has 0 heterocycles. The molecule has 0 saturated carbocycles. The monoisotopic (exact) mass is 197 g/mol. The van der Waals surface area contributed by atoms with Gasteiger partial charge in [0.25, 0.3) is 0 Å². The van der Waals surface area contributed by atoms with Crippen molar-refractivity contribution in [3.8, 4) is 0 Å². The first-order valence-corrected chi connectivity index (χ1v) is 4.20. The van der Waals surface area contributed by atoms with Crippen LogP contribution in [0.25, 0.3) is 0 Å². The Morgan fingerprint density at radius 3 is 2.43 bits per heavy atom. The Hall–Kier alpha value is -1.42. The first kappa shape index (κ1) is 10.7. The number of carbonyl (C=O) groups is 1. The summed E-state index contributed by atoms with van der Waals surface area (Å²) in [7, 11) is 1.42. The molecule has 0 aliphatic heterocycles. The van der Waals surface area contributed by atoms with Crippen LogP contribution in [0.4, 0.5) is 4.39 Å². The van der Waals surface area contributed by atoms with Crippen LogP contribution in [0.2, 0.25) is 0 Å². The van der Waals surface area contributed by atoms with Crippen LogP contribution in [0.5, 0.6) is 0 Å². The number of carbonyl (C=O) groups excluding carboxylic acids is 1. The number of rotatable bonds is 3. The van der Waals surface area contributed by atoms with E-state index in [2.05, 4.69) is 0 Å². The molecule has 1 aromatic rings. The summed E-state index contributed by atoms with van der Waals surface area (Å²) in [6, 6.07) is 5.93. The van der Waals surface area contributed by atoms with Crippen molar-refractivity contribution in [1.82, 2.24) is 5.06 Å². The molecule has 1 aromatic carbocycles. The van der Waals surface area contributed by atoms with Gasteiger partial charge in [-0.25, -0.2) is 9.45 Å². The number of halogens is 1. The maximum Gasteiger partial charge on any atom is 0.243 e. The van der Waals surface area contributed by atoms with Gasteiger partial charge in [0.1, 0.15) is 5.82 Å². The third-order valence-corrected chi connectivity index (χ3v) is 1.81. The van der Waals surface area contributed by atoms with Crippen LogP contribution >= 0.6 is 0 Å². The van der Waals surface area contributed by atoms with E-state index in [0.29, 0.717) is 6.54 Å². The second-order valence-corrected chi connectivity index (χ2v) is 2.86.